The Morgan fingerprint density at radius 1 is 1.09 bits per heavy atom. The van der Waals surface area contributed by atoms with E-state index < -0.39 is 5.54 Å². The number of fused-ring (bicyclic) bond motifs is 3. The van der Waals surface area contributed by atoms with Crippen LogP contribution in [-0.4, -0.2) is 53.6 Å². The minimum absolute atomic E-state index is 0.0967. The maximum absolute atomic E-state index is 13.7. The van der Waals surface area contributed by atoms with Gasteiger partial charge in [-0.25, -0.2) is 0 Å². The lowest BCUT2D eigenvalue weighted by molar-refractivity contribution is -0.133. The van der Waals surface area contributed by atoms with Gasteiger partial charge in [0.2, 0.25) is 5.91 Å². The van der Waals surface area contributed by atoms with E-state index in [1.165, 1.54) is 0 Å². The van der Waals surface area contributed by atoms with E-state index >= 15 is 0 Å². The number of ether oxygens (including phenoxy) is 2. The van der Waals surface area contributed by atoms with Crippen molar-refractivity contribution in [3.8, 4) is 11.5 Å². The predicted octanol–water partition coefficient (Wildman–Crippen LogP) is 4.37. The summed E-state index contributed by atoms with van der Waals surface area (Å²) in [7, 11) is 3.23. The van der Waals surface area contributed by atoms with Crippen molar-refractivity contribution in [1.82, 2.24) is 14.8 Å². The summed E-state index contributed by atoms with van der Waals surface area (Å²) in [5, 5.41) is 4.07. The van der Waals surface area contributed by atoms with Gasteiger partial charge < -0.3 is 24.3 Å². The Bertz CT molecular complexity index is 977. The molecular weight excluding hydrogens is 406 g/mol. The second-order valence-corrected chi connectivity index (χ2v) is 8.83. The van der Waals surface area contributed by atoms with Gasteiger partial charge in [-0.05, 0) is 44.4 Å². The van der Waals surface area contributed by atoms with E-state index in [0.29, 0.717) is 30.3 Å². The van der Waals surface area contributed by atoms with E-state index in [-0.39, 0.29) is 17.9 Å². The van der Waals surface area contributed by atoms with E-state index in [0.717, 1.165) is 43.0 Å². The number of carbonyl (C=O) groups is 2. The summed E-state index contributed by atoms with van der Waals surface area (Å²) < 4.78 is 13.1. The average Bonchev–Trinajstić information content (AvgIpc) is 3.16. The number of hydrogen-bond donors (Lipinski definition) is 1. The van der Waals surface area contributed by atoms with Gasteiger partial charge >= 0.3 is 0 Å². The maximum atomic E-state index is 13.7. The maximum Gasteiger partial charge on any atom is 0.271 e. The Balaban J connectivity index is 2.12. The molecule has 1 aliphatic rings. The lowest BCUT2D eigenvalue weighted by atomic mass is 9.93. The number of nitrogens with one attached hydrogen (secondary N) is 1. The van der Waals surface area contributed by atoms with Crippen LogP contribution in [0.25, 0.3) is 10.9 Å². The molecule has 0 saturated heterocycles. The smallest absolute Gasteiger partial charge is 0.271 e. The van der Waals surface area contributed by atoms with Crippen molar-refractivity contribution in [2.75, 3.05) is 20.8 Å². The van der Waals surface area contributed by atoms with Gasteiger partial charge in [-0.1, -0.05) is 33.6 Å². The minimum Gasteiger partial charge on any atom is -0.496 e. The Labute approximate surface area is 191 Å². The monoisotopic (exact) mass is 443 g/mol. The first-order valence-corrected chi connectivity index (χ1v) is 11.7. The molecule has 2 aromatic rings. The third-order valence-corrected chi connectivity index (χ3v) is 6.49. The fraction of sp³-hybridized carbons (Fsp3) is 0.600. The van der Waals surface area contributed by atoms with Crippen LogP contribution in [0.4, 0.5) is 0 Å². The molecule has 1 aromatic carbocycles. The molecule has 0 aliphatic carbocycles. The standard InChI is InChI=1S/C25H37N3O4/c1-7-10-17(11-8-2)26-24(30)25(4)16-27-19(23(29)28(25)14-9-3)15-18-20(31-5)12-13-21(32-6)22(18)27/h12-13,15,17H,7-11,14,16H2,1-6H3,(H,26,30). The first-order valence-electron chi connectivity index (χ1n) is 11.7. The summed E-state index contributed by atoms with van der Waals surface area (Å²) in [4.78, 5) is 29.1. The zero-order valence-corrected chi connectivity index (χ0v) is 20.3. The Morgan fingerprint density at radius 3 is 2.28 bits per heavy atom. The zero-order valence-electron chi connectivity index (χ0n) is 20.3. The van der Waals surface area contributed by atoms with Gasteiger partial charge in [0.25, 0.3) is 5.91 Å². The molecule has 2 amide bonds. The van der Waals surface area contributed by atoms with Crippen molar-refractivity contribution < 1.29 is 19.1 Å². The third kappa shape index (κ3) is 4.05. The molecule has 1 aliphatic heterocycles. The summed E-state index contributed by atoms with van der Waals surface area (Å²) in [5.41, 5.74) is 0.337. The Kier molecular flexibility index (Phi) is 7.36. The number of nitrogens with zero attached hydrogens (tertiary/aromatic N) is 2. The number of benzene rings is 1. The highest BCUT2D eigenvalue weighted by Crippen LogP contribution is 2.40. The topological polar surface area (TPSA) is 72.8 Å². The van der Waals surface area contributed by atoms with Crippen LogP contribution in [0.2, 0.25) is 0 Å². The average molecular weight is 444 g/mol. The molecule has 3 rings (SSSR count). The quantitative estimate of drug-likeness (QED) is 0.592. The van der Waals surface area contributed by atoms with Crippen LogP contribution in [0.5, 0.6) is 11.5 Å². The van der Waals surface area contributed by atoms with E-state index in [1.54, 1.807) is 19.1 Å². The van der Waals surface area contributed by atoms with E-state index in [2.05, 4.69) is 19.2 Å². The van der Waals surface area contributed by atoms with Crippen molar-refractivity contribution >= 4 is 22.7 Å². The van der Waals surface area contributed by atoms with Gasteiger partial charge in [-0.3, -0.25) is 9.59 Å². The number of hydrogen-bond acceptors (Lipinski definition) is 4. The van der Waals surface area contributed by atoms with Crippen LogP contribution in [0, 0.1) is 0 Å². The molecular formula is C25H37N3O4. The van der Waals surface area contributed by atoms with E-state index in [9.17, 15) is 9.59 Å². The van der Waals surface area contributed by atoms with Gasteiger partial charge in [0, 0.05) is 18.0 Å². The van der Waals surface area contributed by atoms with Crippen molar-refractivity contribution in [3.05, 3.63) is 23.9 Å². The molecule has 2 heterocycles. The number of carbonyl (C=O) groups excluding carboxylic acids is 2. The molecule has 0 radical (unpaired) electrons. The molecule has 0 fully saturated rings. The fourth-order valence-corrected chi connectivity index (χ4v) is 4.86. The van der Waals surface area contributed by atoms with Crippen LogP contribution < -0.4 is 14.8 Å². The molecule has 7 nitrogen and oxygen atoms in total. The lowest BCUT2D eigenvalue weighted by Gasteiger charge is -2.44. The Hall–Kier alpha value is -2.70. The molecule has 32 heavy (non-hydrogen) atoms. The fourth-order valence-electron chi connectivity index (χ4n) is 4.86. The highest BCUT2D eigenvalue weighted by atomic mass is 16.5. The molecule has 0 spiro atoms. The van der Waals surface area contributed by atoms with E-state index in [1.807, 2.05) is 36.6 Å². The first-order chi connectivity index (χ1) is 15.4. The number of rotatable bonds is 10. The van der Waals surface area contributed by atoms with E-state index in [4.69, 9.17) is 9.47 Å². The van der Waals surface area contributed by atoms with Gasteiger partial charge in [-0.2, -0.15) is 0 Å². The second kappa shape index (κ2) is 9.84. The van der Waals surface area contributed by atoms with Crippen LogP contribution in [0.3, 0.4) is 0 Å². The van der Waals surface area contributed by atoms with Gasteiger partial charge in [0.1, 0.15) is 22.7 Å². The molecule has 0 saturated carbocycles. The summed E-state index contributed by atoms with van der Waals surface area (Å²) in [5.74, 6) is 1.09. The minimum atomic E-state index is -1.00. The summed E-state index contributed by atoms with van der Waals surface area (Å²) in [6.45, 7) is 9.04. The third-order valence-electron chi connectivity index (χ3n) is 6.49. The van der Waals surface area contributed by atoms with Crippen molar-refractivity contribution in [3.63, 3.8) is 0 Å². The zero-order chi connectivity index (χ0) is 23.5. The number of methoxy groups -OCH3 is 2. The summed E-state index contributed by atoms with van der Waals surface area (Å²) in [6, 6.07) is 5.65. The summed E-state index contributed by atoms with van der Waals surface area (Å²) in [6.07, 6.45) is 4.64. The largest absolute Gasteiger partial charge is 0.496 e. The van der Waals surface area contributed by atoms with Gasteiger partial charge in [-0.15, -0.1) is 0 Å². The highest BCUT2D eigenvalue weighted by Gasteiger charge is 2.48. The molecule has 1 unspecified atom stereocenters. The highest BCUT2D eigenvalue weighted by molar-refractivity contribution is 6.05. The summed E-state index contributed by atoms with van der Waals surface area (Å²) >= 11 is 0. The first kappa shape index (κ1) is 24.0. The molecule has 1 N–H and O–H groups in total. The van der Waals surface area contributed by atoms with Crippen LogP contribution >= 0.6 is 0 Å². The van der Waals surface area contributed by atoms with Gasteiger partial charge in [0.05, 0.1) is 26.3 Å². The van der Waals surface area contributed by atoms with Crippen molar-refractivity contribution in [2.45, 2.75) is 77.9 Å². The molecule has 176 valence electrons. The number of aromatic nitrogens is 1. The number of amides is 2. The lowest BCUT2D eigenvalue weighted by Crippen LogP contribution is -2.65. The predicted molar refractivity (Wildman–Crippen MR) is 127 cm³/mol. The van der Waals surface area contributed by atoms with Gasteiger partial charge in [0.15, 0.2) is 0 Å². The Morgan fingerprint density at radius 2 is 1.72 bits per heavy atom. The van der Waals surface area contributed by atoms with Crippen molar-refractivity contribution in [1.29, 1.82) is 0 Å². The molecule has 7 heteroatoms. The second-order valence-electron chi connectivity index (χ2n) is 8.83. The van der Waals surface area contributed by atoms with Crippen LogP contribution in [0.15, 0.2) is 18.2 Å². The normalized spacial score (nSPS) is 18.2. The SMILES string of the molecule is CCCC(CCC)NC(=O)C1(C)Cn2c(cc3c(OC)ccc(OC)c32)C(=O)N1CCC. The molecule has 1 atom stereocenters. The molecule has 0 bridgehead atoms. The van der Waals surface area contributed by atoms with Crippen LogP contribution in [-0.2, 0) is 11.3 Å². The van der Waals surface area contributed by atoms with Crippen LogP contribution in [0.1, 0.15) is 70.3 Å². The van der Waals surface area contributed by atoms with Crippen molar-refractivity contribution in [2.24, 2.45) is 0 Å². The molecule has 1 aromatic heterocycles.